The van der Waals surface area contributed by atoms with E-state index in [0.717, 1.165) is 18.8 Å². The SMILES string of the molecule is CC1CCCN1Cc1cc(C(=O)NN)co1. The van der Waals surface area contributed by atoms with Crippen LogP contribution in [0.4, 0.5) is 0 Å². The van der Waals surface area contributed by atoms with Crippen LogP contribution in [0.15, 0.2) is 16.7 Å². The van der Waals surface area contributed by atoms with Gasteiger partial charge in [-0.3, -0.25) is 15.1 Å². The summed E-state index contributed by atoms with van der Waals surface area (Å²) in [6, 6.07) is 2.34. The molecule has 1 fully saturated rings. The molecule has 5 nitrogen and oxygen atoms in total. The van der Waals surface area contributed by atoms with Crippen LogP contribution >= 0.6 is 0 Å². The van der Waals surface area contributed by atoms with Crippen LogP contribution < -0.4 is 11.3 Å². The molecule has 1 aliphatic rings. The lowest BCUT2D eigenvalue weighted by molar-refractivity contribution is 0.0953. The van der Waals surface area contributed by atoms with Crippen molar-refractivity contribution in [3.8, 4) is 0 Å². The molecule has 1 unspecified atom stereocenters. The number of nitrogen functional groups attached to an aromatic ring is 1. The molecule has 2 rings (SSSR count). The summed E-state index contributed by atoms with van der Waals surface area (Å²) in [5, 5.41) is 0. The molecule has 1 aliphatic heterocycles. The first-order valence-corrected chi connectivity index (χ1v) is 5.53. The number of likely N-dealkylation sites (tertiary alicyclic amines) is 1. The summed E-state index contributed by atoms with van der Waals surface area (Å²) < 4.78 is 5.34. The second-order valence-electron chi connectivity index (χ2n) is 4.24. The first-order valence-electron chi connectivity index (χ1n) is 5.53. The molecule has 1 aromatic rings. The van der Waals surface area contributed by atoms with E-state index >= 15 is 0 Å². The number of furan rings is 1. The minimum Gasteiger partial charge on any atom is -0.467 e. The quantitative estimate of drug-likeness (QED) is 0.453. The van der Waals surface area contributed by atoms with Gasteiger partial charge in [0.15, 0.2) is 0 Å². The lowest BCUT2D eigenvalue weighted by atomic mass is 10.2. The average Bonchev–Trinajstić information content (AvgIpc) is 2.89. The first-order chi connectivity index (χ1) is 7.70. The number of nitrogens with one attached hydrogen (secondary N) is 1. The van der Waals surface area contributed by atoms with E-state index in [1.54, 1.807) is 6.07 Å². The highest BCUT2D eigenvalue weighted by Gasteiger charge is 2.21. The Kier molecular flexibility index (Phi) is 3.26. The Morgan fingerprint density at radius 1 is 1.75 bits per heavy atom. The molecule has 1 amide bonds. The molecule has 0 radical (unpaired) electrons. The van der Waals surface area contributed by atoms with Gasteiger partial charge in [-0.2, -0.15) is 0 Å². The van der Waals surface area contributed by atoms with Crippen LogP contribution in [0.5, 0.6) is 0 Å². The second-order valence-corrected chi connectivity index (χ2v) is 4.24. The van der Waals surface area contributed by atoms with Gasteiger partial charge >= 0.3 is 0 Å². The Morgan fingerprint density at radius 2 is 2.56 bits per heavy atom. The van der Waals surface area contributed by atoms with Crippen molar-refractivity contribution in [3.05, 3.63) is 23.7 Å². The molecule has 0 bridgehead atoms. The number of nitrogens with two attached hydrogens (primary N) is 1. The highest BCUT2D eigenvalue weighted by molar-refractivity contribution is 5.93. The molecule has 1 saturated heterocycles. The van der Waals surface area contributed by atoms with Gasteiger partial charge in [0.25, 0.3) is 5.91 Å². The first kappa shape index (κ1) is 11.2. The van der Waals surface area contributed by atoms with Gasteiger partial charge in [-0.15, -0.1) is 0 Å². The lowest BCUT2D eigenvalue weighted by Crippen LogP contribution is -2.29. The summed E-state index contributed by atoms with van der Waals surface area (Å²) >= 11 is 0. The summed E-state index contributed by atoms with van der Waals surface area (Å²) in [5.41, 5.74) is 2.56. The highest BCUT2D eigenvalue weighted by Crippen LogP contribution is 2.20. The standard InChI is InChI=1S/C11H17N3O2/c1-8-3-2-4-14(8)6-10-5-9(7-16-10)11(15)13-12/h5,7-8H,2-4,6,12H2,1H3,(H,13,15). The monoisotopic (exact) mass is 223 g/mol. The van der Waals surface area contributed by atoms with Crippen molar-refractivity contribution < 1.29 is 9.21 Å². The van der Waals surface area contributed by atoms with E-state index in [4.69, 9.17) is 10.3 Å². The summed E-state index contributed by atoms with van der Waals surface area (Å²) in [6.45, 7) is 4.07. The second kappa shape index (κ2) is 4.67. The molecule has 0 aliphatic carbocycles. The van der Waals surface area contributed by atoms with Crippen LogP contribution in [0, 0.1) is 0 Å². The summed E-state index contributed by atoms with van der Waals surface area (Å²) in [5.74, 6) is 5.54. The molecule has 2 heterocycles. The van der Waals surface area contributed by atoms with Crippen molar-refractivity contribution in [2.24, 2.45) is 5.84 Å². The maximum Gasteiger partial charge on any atom is 0.268 e. The number of hydrogen-bond acceptors (Lipinski definition) is 4. The Hall–Kier alpha value is -1.33. The lowest BCUT2D eigenvalue weighted by Gasteiger charge is -2.18. The molecule has 88 valence electrons. The molecule has 0 spiro atoms. The number of rotatable bonds is 3. The fraction of sp³-hybridized carbons (Fsp3) is 0.545. The van der Waals surface area contributed by atoms with Gasteiger partial charge in [0.1, 0.15) is 12.0 Å². The Morgan fingerprint density at radius 3 is 3.19 bits per heavy atom. The van der Waals surface area contributed by atoms with Crippen molar-refractivity contribution in [1.82, 2.24) is 10.3 Å². The average molecular weight is 223 g/mol. The minimum absolute atomic E-state index is 0.315. The molecule has 5 heteroatoms. The van der Waals surface area contributed by atoms with Crippen LogP contribution in [0.1, 0.15) is 35.9 Å². The topological polar surface area (TPSA) is 71.5 Å². The number of hydrogen-bond donors (Lipinski definition) is 2. The van der Waals surface area contributed by atoms with E-state index in [9.17, 15) is 4.79 Å². The number of hydrazine groups is 1. The highest BCUT2D eigenvalue weighted by atomic mass is 16.3. The zero-order valence-corrected chi connectivity index (χ0v) is 9.40. The third-order valence-electron chi connectivity index (χ3n) is 3.10. The third kappa shape index (κ3) is 2.25. The fourth-order valence-electron chi connectivity index (χ4n) is 2.09. The zero-order valence-electron chi connectivity index (χ0n) is 9.40. The van der Waals surface area contributed by atoms with Gasteiger partial charge < -0.3 is 4.42 Å². The molecule has 0 saturated carbocycles. The molecular weight excluding hydrogens is 206 g/mol. The van der Waals surface area contributed by atoms with Crippen molar-refractivity contribution in [3.63, 3.8) is 0 Å². The van der Waals surface area contributed by atoms with Crippen molar-refractivity contribution in [2.45, 2.75) is 32.4 Å². The molecule has 0 aromatic carbocycles. The largest absolute Gasteiger partial charge is 0.467 e. The Balaban J connectivity index is 1.99. The summed E-state index contributed by atoms with van der Waals surface area (Å²) in [6.07, 6.45) is 3.91. The molecule has 3 N–H and O–H groups in total. The maximum absolute atomic E-state index is 11.2. The normalized spacial score (nSPS) is 21.2. The van der Waals surface area contributed by atoms with E-state index in [1.165, 1.54) is 19.1 Å². The Labute approximate surface area is 94.6 Å². The van der Waals surface area contributed by atoms with Crippen molar-refractivity contribution in [1.29, 1.82) is 0 Å². The van der Waals surface area contributed by atoms with Gasteiger partial charge in [-0.25, -0.2) is 5.84 Å². The van der Waals surface area contributed by atoms with Gasteiger partial charge in [-0.1, -0.05) is 0 Å². The predicted octanol–water partition coefficient (Wildman–Crippen LogP) is 0.867. The van der Waals surface area contributed by atoms with Crippen LogP contribution in [-0.4, -0.2) is 23.4 Å². The Bertz CT molecular complexity index is 375. The van der Waals surface area contributed by atoms with Gasteiger partial charge in [-0.05, 0) is 32.4 Å². The zero-order chi connectivity index (χ0) is 11.5. The molecular formula is C11H17N3O2. The summed E-state index contributed by atoms with van der Waals surface area (Å²) in [4.78, 5) is 13.6. The van der Waals surface area contributed by atoms with E-state index in [-0.39, 0.29) is 5.91 Å². The van der Waals surface area contributed by atoms with Gasteiger partial charge in [0, 0.05) is 6.04 Å². The van der Waals surface area contributed by atoms with E-state index in [2.05, 4.69) is 17.2 Å². The number of carbonyl (C=O) groups excluding carboxylic acids is 1. The van der Waals surface area contributed by atoms with Gasteiger partial charge in [0.05, 0.1) is 12.1 Å². The fourth-order valence-corrected chi connectivity index (χ4v) is 2.09. The predicted molar refractivity (Wildman–Crippen MR) is 59.5 cm³/mol. The van der Waals surface area contributed by atoms with Crippen LogP contribution in [0.3, 0.4) is 0 Å². The molecule has 1 atom stereocenters. The van der Waals surface area contributed by atoms with Crippen LogP contribution in [0.2, 0.25) is 0 Å². The van der Waals surface area contributed by atoms with Crippen molar-refractivity contribution >= 4 is 5.91 Å². The number of amides is 1. The van der Waals surface area contributed by atoms with Crippen molar-refractivity contribution in [2.75, 3.05) is 6.54 Å². The van der Waals surface area contributed by atoms with E-state index < -0.39 is 0 Å². The number of nitrogens with zero attached hydrogens (tertiary/aromatic N) is 1. The van der Waals surface area contributed by atoms with Crippen LogP contribution in [0.25, 0.3) is 0 Å². The molecule has 1 aromatic heterocycles. The van der Waals surface area contributed by atoms with E-state index in [1.807, 2.05) is 0 Å². The smallest absolute Gasteiger partial charge is 0.268 e. The van der Waals surface area contributed by atoms with Crippen LogP contribution in [-0.2, 0) is 6.54 Å². The summed E-state index contributed by atoms with van der Waals surface area (Å²) in [7, 11) is 0. The minimum atomic E-state index is -0.315. The van der Waals surface area contributed by atoms with E-state index in [0.29, 0.717) is 11.6 Å². The third-order valence-corrected chi connectivity index (χ3v) is 3.10. The molecule has 16 heavy (non-hydrogen) atoms. The van der Waals surface area contributed by atoms with Gasteiger partial charge in [0.2, 0.25) is 0 Å². The maximum atomic E-state index is 11.2. The number of carbonyl (C=O) groups is 1.